The van der Waals surface area contributed by atoms with Crippen molar-refractivity contribution in [3.8, 4) is 0 Å². The largest absolute Gasteiger partial charge is 0.309 e. The summed E-state index contributed by atoms with van der Waals surface area (Å²) in [6.07, 6.45) is 1.89. The van der Waals surface area contributed by atoms with Crippen LogP contribution in [0.25, 0.3) is 0 Å². The minimum atomic E-state index is -9.52. The Kier molecular flexibility index (Phi) is 1.99. The maximum Gasteiger partial charge on any atom is 0.309 e. The van der Waals surface area contributed by atoms with E-state index in [0.29, 0.717) is 0 Å². The second kappa shape index (κ2) is 2.12. The van der Waals surface area contributed by atoms with Gasteiger partial charge in [0, 0.05) is 0 Å². The highest BCUT2D eigenvalue weighted by Gasteiger charge is 2.65. The molecule has 72 valence electrons. The third kappa shape index (κ3) is 3.56. The van der Waals surface area contributed by atoms with Crippen LogP contribution >= 0.6 is 10.2 Å². The lowest BCUT2D eigenvalue weighted by atomic mass is 10.5. The van der Waals surface area contributed by atoms with Crippen LogP contribution in [0.2, 0.25) is 0 Å². The molecule has 12 heavy (non-hydrogen) atoms. The van der Waals surface area contributed by atoms with Crippen LogP contribution in [0.5, 0.6) is 0 Å². The van der Waals surface area contributed by atoms with Crippen LogP contribution in [-0.4, -0.2) is 0 Å². The van der Waals surface area contributed by atoms with E-state index in [1.807, 2.05) is 0 Å². The van der Waals surface area contributed by atoms with Crippen LogP contribution < -0.4 is 0 Å². The fourth-order valence-corrected chi connectivity index (χ4v) is 0.640. The Morgan fingerprint density at radius 3 is 1.75 bits per heavy atom. The summed E-state index contributed by atoms with van der Waals surface area (Å²) in [5.41, 5.74) is 0. The van der Waals surface area contributed by atoms with E-state index in [1.165, 1.54) is 0 Å². The first kappa shape index (κ1) is 11.2. The lowest BCUT2D eigenvalue weighted by Gasteiger charge is -2.40. The van der Waals surface area contributed by atoms with Crippen molar-refractivity contribution in [2.45, 2.75) is 0 Å². The van der Waals surface area contributed by atoms with E-state index < -0.39 is 15.1 Å². The van der Waals surface area contributed by atoms with Gasteiger partial charge in [-0.15, -0.1) is 0 Å². The molecule has 0 aliphatic heterocycles. The van der Waals surface area contributed by atoms with Crippen molar-refractivity contribution in [3.05, 3.63) is 36.3 Å². The van der Waals surface area contributed by atoms with E-state index in [-0.39, 0.29) is 6.08 Å². The number of rotatable bonds is 3. The molecule has 0 fully saturated rings. The summed E-state index contributed by atoms with van der Waals surface area (Å²) in [5.74, 6) is 0. The molecule has 0 aromatic rings. The van der Waals surface area contributed by atoms with Crippen LogP contribution in [0, 0.1) is 0 Å². The number of hydrogen-bond donors (Lipinski definition) is 0. The first-order valence-corrected chi connectivity index (χ1v) is 4.64. The summed E-state index contributed by atoms with van der Waals surface area (Å²) >= 11 is 0. The van der Waals surface area contributed by atoms with Gasteiger partial charge in [0.25, 0.3) is 0 Å². The molecule has 0 bridgehead atoms. The van der Waals surface area contributed by atoms with Crippen molar-refractivity contribution >= 4 is 10.2 Å². The molecule has 0 nitrogen and oxygen atoms in total. The van der Waals surface area contributed by atoms with Gasteiger partial charge in [-0.25, -0.2) is 0 Å². The molecule has 0 heterocycles. The maximum absolute atomic E-state index is 11.7. The van der Waals surface area contributed by atoms with E-state index in [2.05, 4.69) is 13.2 Å². The van der Waals surface area contributed by atoms with Crippen molar-refractivity contribution in [2.24, 2.45) is 0 Å². The van der Waals surface area contributed by atoms with Crippen LogP contribution in [-0.2, 0) is 0 Å². The minimum absolute atomic E-state index is 0.189. The average Bonchev–Trinajstić information content (AvgIpc) is 1.76. The van der Waals surface area contributed by atoms with Gasteiger partial charge in [0.15, 0.2) is 0 Å². The van der Waals surface area contributed by atoms with Crippen LogP contribution in [0.4, 0.5) is 19.4 Å². The maximum atomic E-state index is 11.7. The Balaban J connectivity index is 4.98. The molecule has 0 saturated carbocycles. The van der Waals surface area contributed by atoms with Gasteiger partial charge < -0.3 is 0 Å². The Hall–Kier alpha value is -0.780. The molecule has 0 aromatic carbocycles. The normalized spacial score (nSPS) is 18.4. The van der Waals surface area contributed by atoms with Gasteiger partial charge in [0.2, 0.25) is 0 Å². The Labute approximate surface area is 66.8 Å². The van der Waals surface area contributed by atoms with E-state index >= 15 is 0 Å². The third-order valence-electron chi connectivity index (χ3n) is 0.914. The highest BCUT2D eigenvalue weighted by molar-refractivity contribution is 8.48. The molecule has 0 radical (unpaired) electrons. The van der Waals surface area contributed by atoms with Gasteiger partial charge in [0.1, 0.15) is 0 Å². The molecule has 0 unspecified atom stereocenters. The summed E-state index contributed by atoms with van der Waals surface area (Å²) < 4.78 is 58.7. The zero-order valence-electron chi connectivity index (χ0n) is 5.94. The fraction of sp³-hybridized carbons (Fsp3) is 0. The summed E-state index contributed by atoms with van der Waals surface area (Å²) in [6.45, 7) is 5.28. The molecule has 0 aromatic heterocycles. The minimum Gasteiger partial charge on any atom is -0.0991 e. The Morgan fingerprint density at radius 1 is 1.08 bits per heavy atom. The summed E-state index contributed by atoms with van der Waals surface area (Å²) in [6, 6.07) is 0. The van der Waals surface area contributed by atoms with E-state index in [9.17, 15) is 19.4 Å². The highest BCUT2D eigenvalue weighted by atomic mass is 32.5. The summed E-state index contributed by atoms with van der Waals surface area (Å²) in [4.78, 5) is -2.12. The Morgan fingerprint density at radius 2 is 1.50 bits per heavy atom. The molecule has 0 N–H and O–H groups in total. The predicted octanol–water partition coefficient (Wildman–Crippen LogP) is 4.54. The van der Waals surface area contributed by atoms with Crippen molar-refractivity contribution in [1.82, 2.24) is 0 Å². The van der Waals surface area contributed by atoms with E-state index in [4.69, 9.17) is 0 Å². The molecule has 0 atom stereocenters. The monoisotopic (exact) mass is 206 g/mol. The number of halogens is 5. The second-order valence-electron chi connectivity index (χ2n) is 2.03. The van der Waals surface area contributed by atoms with Gasteiger partial charge in [-0.2, -0.15) is 0 Å². The van der Waals surface area contributed by atoms with E-state index in [0.717, 1.165) is 12.2 Å². The lowest BCUT2D eigenvalue weighted by molar-refractivity contribution is 0.380. The average molecular weight is 206 g/mol. The van der Waals surface area contributed by atoms with Crippen LogP contribution in [0.3, 0.4) is 0 Å². The standard InChI is InChI=1S/C6H7F5S/c1-3-4-5-6(2)12(7,8,9,10)11/h3-5H,1-2H2/b5-4-. The first-order chi connectivity index (χ1) is 4.97. The van der Waals surface area contributed by atoms with Crippen molar-refractivity contribution in [3.63, 3.8) is 0 Å². The quantitative estimate of drug-likeness (QED) is 0.469. The smallest absolute Gasteiger partial charge is 0.0991 e. The molecule has 6 heteroatoms. The molecule has 0 amide bonds. The van der Waals surface area contributed by atoms with Crippen molar-refractivity contribution in [1.29, 1.82) is 0 Å². The second-order valence-corrected chi connectivity index (χ2v) is 4.49. The molecule has 0 spiro atoms. The molecule has 0 saturated heterocycles. The van der Waals surface area contributed by atoms with Gasteiger partial charge in [-0.3, -0.25) is 0 Å². The summed E-state index contributed by atoms with van der Waals surface area (Å²) in [5, 5.41) is 0. The van der Waals surface area contributed by atoms with Gasteiger partial charge in [-0.1, -0.05) is 44.7 Å². The SMILES string of the molecule is C=C/C=C\C(=C)S(F)(F)(F)(F)F. The molecular weight excluding hydrogens is 199 g/mol. The fourth-order valence-electron chi connectivity index (χ4n) is 0.304. The topological polar surface area (TPSA) is 0 Å². The first-order valence-electron chi connectivity index (χ1n) is 2.69. The van der Waals surface area contributed by atoms with Crippen molar-refractivity contribution < 1.29 is 19.4 Å². The summed E-state index contributed by atoms with van der Waals surface area (Å²) in [7, 11) is -9.52. The van der Waals surface area contributed by atoms with Crippen LogP contribution in [0.1, 0.15) is 0 Å². The van der Waals surface area contributed by atoms with Gasteiger partial charge >= 0.3 is 10.2 Å². The van der Waals surface area contributed by atoms with Crippen LogP contribution in [0.15, 0.2) is 36.3 Å². The molecular formula is C6H7F5S. The van der Waals surface area contributed by atoms with E-state index in [1.54, 1.807) is 0 Å². The lowest BCUT2D eigenvalue weighted by Crippen LogP contribution is -2.05. The molecule has 0 rings (SSSR count). The zero-order chi connectivity index (χ0) is 10.1. The molecule has 0 aliphatic carbocycles. The van der Waals surface area contributed by atoms with Gasteiger partial charge in [-0.05, 0) is 6.08 Å². The third-order valence-corrected chi connectivity index (χ3v) is 2.04. The van der Waals surface area contributed by atoms with Crippen molar-refractivity contribution in [2.75, 3.05) is 0 Å². The predicted molar refractivity (Wildman–Crippen MR) is 41.6 cm³/mol. The van der Waals surface area contributed by atoms with Gasteiger partial charge in [0.05, 0.1) is 4.91 Å². The zero-order valence-corrected chi connectivity index (χ0v) is 6.76. The number of hydrogen-bond acceptors (Lipinski definition) is 0. The highest BCUT2D eigenvalue weighted by Crippen LogP contribution is 3.02. The Bertz CT molecular complexity index is 243. The molecule has 0 aliphatic rings. The number of allylic oxidation sites excluding steroid dienone is 3.